The summed E-state index contributed by atoms with van der Waals surface area (Å²) in [6.45, 7) is 0. The predicted octanol–water partition coefficient (Wildman–Crippen LogP) is 24.3. The van der Waals surface area contributed by atoms with Crippen molar-refractivity contribution in [3.63, 3.8) is 0 Å². The van der Waals surface area contributed by atoms with E-state index in [4.69, 9.17) is 0 Å². The lowest BCUT2D eigenvalue weighted by Gasteiger charge is -2.64. The Morgan fingerprint density at radius 2 is 0.548 bits per heavy atom. The first-order valence-corrected chi connectivity index (χ1v) is 55.7. The fourth-order valence-electron chi connectivity index (χ4n) is 47.0. The molecule has 52 rings (SSSR count). The van der Waals surface area contributed by atoms with E-state index in [0.717, 1.165) is 89.9 Å². The first-order chi connectivity index (χ1) is 72.3. The topological polar surface area (TPSA) is 0 Å². The van der Waals surface area contributed by atoms with Crippen LogP contribution in [0.2, 0.25) is 0 Å². The number of hydrogen-bond acceptors (Lipinski definition) is 0. The normalized spacial score (nSPS) is 30.6. The average Bonchev–Trinajstić information content (AvgIpc) is 1.41. The lowest BCUT2D eigenvalue weighted by molar-refractivity contribution is 0.289. The third-order valence-corrected chi connectivity index (χ3v) is 49.7. The summed E-state index contributed by atoms with van der Waals surface area (Å²) in [6, 6.07) is 74.6. The highest BCUT2D eigenvalue weighted by molar-refractivity contribution is 6.46. The maximum absolute atomic E-state index is 2.89. The van der Waals surface area contributed by atoms with Crippen LogP contribution in [0.3, 0.4) is 0 Å². The molecule has 0 N–H and O–H groups in total. The summed E-state index contributed by atoms with van der Waals surface area (Å²) in [5.74, 6) is 1.65. The van der Waals surface area contributed by atoms with Gasteiger partial charge in [0.05, 0.1) is 0 Å². The van der Waals surface area contributed by atoms with E-state index in [-0.39, 0.29) is 43.3 Å². The maximum Gasteiger partial charge on any atom is 0.0405 e. The van der Waals surface area contributed by atoms with E-state index in [2.05, 4.69) is 243 Å². The van der Waals surface area contributed by atoms with Crippen LogP contribution in [0.4, 0.5) is 0 Å². The molecule has 0 heterocycles. The largest absolute Gasteiger partial charge is 0.0728 e. The van der Waals surface area contributed by atoms with E-state index in [9.17, 15) is 0 Å². The van der Waals surface area contributed by atoms with E-state index < -0.39 is 0 Å². The van der Waals surface area contributed by atoms with Crippen LogP contribution in [0.5, 0.6) is 0 Å². The van der Waals surface area contributed by atoms with Crippen LogP contribution in [-0.4, -0.2) is 0 Å². The lowest BCUT2D eigenvalue weighted by Crippen LogP contribution is -2.63. The first kappa shape index (κ1) is 67.1. The highest BCUT2D eigenvalue weighted by Crippen LogP contribution is 2.88. The molecular weight excluding hydrogens is 1750 g/mol. The van der Waals surface area contributed by atoms with Gasteiger partial charge >= 0.3 is 0 Å². The second-order valence-corrected chi connectivity index (χ2v) is 52.3. The van der Waals surface area contributed by atoms with E-state index in [1.54, 1.807) is 395 Å². The van der Waals surface area contributed by atoms with Crippen LogP contribution in [0, 0.1) is 11.8 Å². The summed E-state index contributed by atoms with van der Waals surface area (Å²) in [5.41, 5.74) is 79.2. The van der Waals surface area contributed by atoms with Gasteiger partial charge in [-0.1, -0.05) is 231 Å². The number of rotatable bonds is 0. The second-order valence-electron chi connectivity index (χ2n) is 52.3. The van der Waals surface area contributed by atoms with Gasteiger partial charge in [-0.05, 0) is 540 Å². The van der Waals surface area contributed by atoms with E-state index in [1.165, 1.54) is 43.1 Å². The molecule has 0 nitrogen and oxygen atoms in total. The van der Waals surface area contributed by atoms with Crippen molar-refractivity contribution in [2.75, 3.05) is 0 Å². The Morgan fingerprint density at radius 1 is 0.219 bits per heavy atom. The summed E-state index contributed by atoms with van der Waals surface area (Å²) in [5, 5.41) is 50.9. The van der Waals surface area contributed by atoms with Crippen molar-refractivity contribution in [1.29, 1.82) is 0 Å². The first-order valence-electron chi connectivity index (χ1n) is 55.7. The lowest BCUT2D eigenvalue weighted by atomic mass is 9.37. The molecule has 0 saturated carbocycles. The fraction of sp³-hybridized carbons (Fsp3) is 0.178. The van der Waals surface area contributed by atoms with Crippen molar-refractivity contribution in [3.8, 4) is 44.5 Å². The molecule has 20 aromatic carbocycles. The summed E-state index contributed by atoms with van der Waals surface area (Å²) < 4.78 is 0. The average molecular weight is 1830 g/mol. The Hall–Kier alpha value is -15.6. The summed E-state index contributed by atoms with van der Waals surface area (Å²) in [7, 11) is 0. The molecule has 0 saturated heterocycles. The maximum atomic E-state index is 2.89. The van der Waals surface area contributed by atoms with Crippen LogP contribution in [0.25, 0.3) is 230 Å². The molecule has 0 aromatic heterocycles. The van der Waals surface area contributed by atoms with Gasteiger partial charge in [-0.3, -0.25) is 0 Å². The van der Waals surface area contributed by atoms with Gasteiger partial charge in [0.1, 0.15) is 0 Å². The highest BCUT2D eigenvalue weighted by Gasteiger charge is 2.80. The van der Waals surface area contributed by atoms with Gasteiger partial charge in [0.15, 0.2) is 0 Å². The van der Waals surface area contributed by atoms with E-state index in [0.29, 0.717) is 23.7 Å². The van der Waals surface area contributed by atoms with Gasteiger partial charge in [0, 0.05) is 67.0 Å². The van der Waals surface area contributed by atoms with E-state index >= 15 is 0 Å². The summed E-state index contributed by atoms with van der Waals surface area (Å²) in [6.07, 6.45) is 43.2. The van der Waals surface area contributed by atoms with Crippen LogP contribution in [0.15, 0.2) is 287 Å². The Kier molecular flexibility index (Phi) is 8.56. The Labute approximate surface area is 831 Å². The number of allylic oxidation sites excluding steroid dienone is 20. The predicted molar refractivity (Wildman–Crippen MR) is 586 cm³/mol. The number of hydrogen-bond donors (Lipinski definition) is 0. The number of benzene rings is 20. The van der Waals surface area contributed by atoms with Crippen LogP contribution >= 0.6 is 0 Å². The van der Waals surface area contributed by atoms with Crippen molar-refractivity contribution in [3.05, 3.63) is 451 Å². The van der Waals surface area contributed by atoms with Crippen molar-refractivity contribution < 1.29 is 0 Å². The Balaban J connectivity index is 0.000000101. The smallest absolute Gasteiger partial charge is 0.0405 e. The minimum atomic E-state index is -0.228. The zero-order valence-corrected chi connectivity index (χ0v) is 79.3. The monoisotopic (exact) mass is 1820 g/mol. The van der Waals surface area contributed by atoms with Crippen molar-refractivity contribution >= 4 is 185 Å². The third kappa shape index (κ3) is 5.21. The van der Waals surface area contributed by atoms with Gasteiger partial charge in [0.25, 0.3) is 0 Å². The molecule has 12 atom stereocenters. The van der Waals surface area contributed by atoms with Gasteiger partial charge in [0.2, 0.25) is 0 Å². The molecule has 146 heavy (non-hydrogen) atoms. The SMILES string of the molecule is C1=CC2=c3cc4c5c6c7c8c9c%10c%11c%12c%13c(c3c5c%128)C23Cc2c(ccc5ccccc25)CC32C1=c1ccc3c5c(c-%11c-%13c2c15)C12Cc5c(ccc8ccccc58)CC%101C1=C5C(=CC(C=C6C4)C7C=95)CCC1=CC=32.C1=CC2=c3cc4c5c6c7c8c9c%10c%11c%12c%13c(c3c5c%128)C23Cc2cc5ccccc5cc2CC32C1=c1ccc3c5c(c-%11c-%13c2c15)C12Cc5cc8ccccc8cc5CC%101C1=C5C(=CC(C=C6C4)C7C=95)CCC1=CC=32. The van der Waals surface area contributed by atoms with Crippen LogP contribution < -0.4 is 41.7 Å². The molecule has 0 radical (unpaired) electrons. The summed E-state index contributed by atoms with van der Waals surface area (Å²) in [4.78, 5) is 0. The minimum absolute atomic E-state index is 0.202. The second kappa shape index (κ2) is 18.6. The van der Waals surface area contributed by atoms with Gasteiger partial charge in [-0.25, -0.2) is 0 Å². The van der Waals surface area contributed by atoms with Crippen molar-refractivity contribution in [1.82, 2.24) is 0 Å². The minimum Gasteiger partial charge on any atom is -0.0728 e. The Morgan fingerprint density at radius 3 is 0.986 bits per heavy atom. The van der Waals surface area contributed by atoms with Gasteiger partial charge < -0.3 is 0 Å². The standard InChI is InChI=1S/2C73H36/c1-3-7-37-28(5-1)9-13-32-24-70-44-17-18-45-41-22-36-21-35-20-34-19-30-11-12-31-23-46-40-16-15-39(44)51-52(40)67-64-62-59-57-56(53(41)68(61(59)63(64)66(51)70)71(45,70)26-42(32)37)48(36)47(35)54-49(34)55-50(30)65(31)73(69(62)60(55)58(54)57)25-33-14-10-29-6-2-4-8-38(29)43(33)27-72(46,67)73;1-2-6-29-16-38-25-71-45-14-13-44-41-11-12-42-46-23-33-10-9-32-19-34-20-35-21-36-22-43(45)53-56-48(36)47(35)54-49(34)55-50(32)65(33)73-27-40-18-31-8-4-3-7-30(31)17-39(40)26-72(46,73)67-52(42)51(41)66(70(44,71)24-37(38)15-28(29)5-1)63-61(68(53)71)59-57(56)58(54)60(55)69(73)62(59)64(63)67/h1-10,13-20,22-23,34,49H,11-12,21,24-27H2;1-8,11-20,22-23,34,49H,9-10,21,24-27H2. The summed E-state index contributed by atoms with van der Waals surface area (Å²) >= 11 is 0. The molecule has 656 valence electrons. The molecule has 0 amide bonds. The van der Waals surface area contributed by atoms with Gasteiger partial charge in [-0.2, -0.15) is 0 Å². The zero-order valence-electron chi connectivity index (χ0n) is 79.3. The van der Waals surface area contributed by atoms with Crippen molar-refractivity contribution in [2.24, 2.45) is 11.8 Å². The molecule has 32 aliphatic rings. The molecule has 32 aliphatic carbocycles. The molecule has 12 unspecified atom stereocenters. The van der Waals surface area contributed by atoms with Crippen molar-refractivity contribution in [2.45, 2.75) is 145 Å². The third-order valence-electron chi connectivity index (χ3n) is 49.7. The molecule has 20 aromatic rings. The Bertz CT molecular complexity index is 12600. The van der Waals surface area contributed by atoms with Gasteiger partial charge in [-0.15, -0.1) is 0 Å². The highest BCUT2D eigenvalue weighted by atomic mass is 14.8. The quantitative estimate of drug-likeness (QED) is 0.133. The molecule has 8 spiro atoms. The zero-order chi connectivity index (χ0) is 90.7. The fourth-order valence-corrected chi connectivity index (χ4v) is 47.0. The molecule has 0 fully saturated rings. The van der Waals surface area contributed by atoms with E-state index in [1.807, 2.05) is 0 Å². The van der Waals surface area contributed by atoms with Crippen LogP contribution in [0.1, 0.15) is 160 Å². The molecule has 0 heteroatoms. The molecule has 0 aliphatic heterocycles. The number of fused-ring (bicyclic) bond motifs is 10. The molecule has 0 bridgehead atoms. The van der Waals surface area contributed by atoms with Crippen LogP contribution in [-0.2, 0) is 108 Å². The molecular formula is C146H72.